The molecule has 15 nitrogen and oxygen atoms in total. The molecule has 412 valence electrons. The van der Waals surface area contributed by atoms with E-state index in [0.29, 0.717) is 60.0 Å². The van der Waals surface area contributed by atoms with E-state index in [1.807, 2.05) is 30.8 Å². The van der Waals surface area contributed by atoms with Gasteiger partial charge in [0.05, 0.1) is 33.0 Å². The molecule has 7 aromatic rings. The van der Waals surface area contributed by atoms with Crippen molar-refractivity contribution in [3.05, 3.63) is 107 Å². The van der Waals surface area contributed by atoms with Crippen LogP contribution in [0.25, 0.3) is 43.4 Å². The Balaban J connectivity index is 0.000000225. The number of benzene rings is 3. The summed E-state index contributed by atoms with van der Waals surface area (Å²) in [5, 5.41) is 13.9. The van der Waals surface area contributed by atoms with Gasteiger partial charge < -0.3 is 39.2 Å². The Morgan fingerprint density at radius 2 is 1.72 bits per heavy atom. The lowest BCUT2D eigenvalue weighted by molar-refractivity contribution is -0.123. The number of rotatable bonds is 16. The Morgan fingerprint density at radius 1 is 0.936 bits per heavy atom. The number of hydrogen-bond donors (Lipinski definition) is 2. The largest absolute Gasteiger partial charge is 0.474 e. The number of amides is 1. The van der Waals surface area contributed by atoms with E-state index >= 15 is 4.39 Å². The van der Waals surface area contributed by atoms with Crippen molar-refractivity contribution >= 4 is 51.5 Å². The summed E-state index contributed by atoms with van der Waals surface area (Å²) in [6, 6.07) is 24.4. The zero-order valence-electron chi connectivity index (χ0n) is 46.2. The molecule has 12 rings (SSSR count). The molecule has 9 heterocycles. The predicted molar refractivity (Wildman–Crippen MR) is 306 cm³/mol. The van der Waals surface area contributed by atoms with E-state index in [2.05, 4.69) is 121 Å². The second kappa shape index (κ2) is 24.3. The normalized spacial score (nSPS) is 22.5. The first-order valence-electron chi connectivity index (χ1n) is 28.1. The van der Waals surface area contributed by atoms with Crippen LogP contribution in [0.1, 0.15) is 121 Å². The third kappa shape index (κ3) is 11.5. The van der Waals surface area contributed by atoms with E-state index in [9.17, 15) is 9.59 Å². The number of hydrogen-bond acceptors (Lipinski definition) is 15. The van der Waals surface area contributed by atoms with Crippen molar-refractivity contribution in [1.29, 1.82) is 0 Å². The molecule has 3 aromatic carbocycles. The Kier molecular flexibility index (Phi) is 17.1. The van der Waals surface area contributed by atoms with Gasteiger partial charge in [-0.2, -0.15) is 9.97 Å². The fraction of sp³-hybridized carbons (Fsp3) is 0.492. The standard InChI is InChI=1S/C42H50FN7O3.C13H16N2S.C6H9NO2/c1-5-27-9-6-10-28-11-7-12-32(36(27)28)38-37(43)39-33(20-44-38)40(49-21-29-13-14-30(22-49)45-29)47-41(46-39)52-24-42-16-8-18-50(42)31(15-17-42)23-51-35-19-34(53-48-35)26(4)25(2)3;1-9(14-3)11-4-6-12(7-5-11)13-10(2)15-8-16-13;8-4-6-2-1-3-7(6)5-9/h6-7,9-12,19-20,25-26,29-31,45H,5,8,13-18,21-24H2,1-4H3;4-9,14H,1-3H3;4-6H,1-3H2/t26?,29?,30?,31-,42+;9-;/m00./s1. The van der Waals surface area contributed by atoms with Crippen molar-refractivity contribution in [3.8, 4) is 33.6 Å². The Morgan fingerprint density at radius 3 is 2.41 bits per heavy atom. The molecule has 5 fully saturated rings. The maximum absolute atomic E-state index is 17.1. The van der Waals surface area contributed by atoms with Crippen LogP contribution >= 0.6 is 11.3 Å². The molecule has 0 spiro atoms. The van der Waals surface area contributed by atoms with Gasteiger partial charge in [-0.05, 0) is 124 Å². The van der Waals surface area contributed by atoms with Crippen molar-refractivity contribution in [1.82, 2.24) is 45.5 Å². The number of likely N-dealkylation sites (tertiary alicyclic amines) is 1. The number of halogens is 1. The number of anilines is 1. The van der Waals surface area contributed by atoms with Crippen LogP contribution in [0.5, 0.6) is 11.9 Å². The maximum atomic E-state index is 17.1. The highest BCUT2D eigenvalue weighted by Crippen LogP contribution is 2.44. The third-order valence-electron chi connectivity index (χ3n) is 17.2. The van der Waals surface area contributed by atoms with Crippen LogP contribution in [0.3, 0.4) is 0 Å². The number of nitrogens with one attached hydrogen (secondary N) is 2. The molecule has 2 N–H and O–H groups in total. The highest BCUT2D eigenvalue weighted by molar-refractivity contribution is 7.13. The van der Waals surface area contributed by atoms with Crippen LogP contribution in [-0.4, -0.2) is 124 Å². The number of thiazole rings is 1. The van der Waals surface area contributed by atoms with Crippen molar-refractivity contribution in [2.24, 2.45) is 5.92 Å². The minimum atomic E-state index is -0.440. The lowest BCUT2D eigenvalue weighted by atomic mass is 9.95. The number of carbonyl (C=O) groups is 2. The lowest BCUT2D eigenvalue weighted by Crippen LogP contribution is -2.51. The van der Waals surface area contributed by atoms with Crippen LogP contribution < -0.4 is 25.0 Å². The quantitative estimate of drug-likeness (QED) is 0.0879. The van der Waals surface area contributed by atoms with Crippen LogP contribution in [0, 0.1) is 18.7 Å². The number of aromatic nitrogens is 5. The van der Waals surface area contributed by atoms with Crippen LogP contribution in [0.4, 0.5) is 10.2 Å². The van der Waals surface area contributed by atoms with Crippen LogP contribution in [0.15, 0.2) is 83.0 Å². The molecule has 4 aromatic heterocycles. The molecular weight excluding hydrogens is 1000 g/mol. The highest BCUT2D eigenvalue weighted by atomic mass is 32.1. The third-order valence-corrected chi connectivity index (χ3v) is 18.1. The number of aryl methyl sites for hydroxylation is 2. The lowest BCUT2D eigenvalue weighted by Gasteiger charge is -2.35. The van der Waals surface area contributed by atoms with Crippen molar-refractivity contribution in [2.45, 2.75) is 141 Å². The van der Waals surface area contributed by atoms with Gasteiger partial charge in [0, 0.05) is 67.5 Å². The molecule has 0 saturated carbocycles. The van der Waals surface area contributed by atoms with Gasteiger partial charge in [-0.3, -0.25) is 14.7 Å². The molecule has 1 amide bonds. The summed E-state index contributed by atoms with van der Waals surface area (Å²) in [5.74, 6) is 2.40. The maximum Gasteiger partial charge on any atom is 0.319 e. The molecule has 4 unspecified atom stereocenters. The molecule has 7 atom stereocenters. The highest BCUT2D eigenvalue weighted by Gasteiger charge is 2.50. The smallest absolute Gasteiger partial charge is 0.319 e. The minimum Gasteiger partial charge on any atom is -0.474 e. The number of carbonyl (C=O) groups excluding carboxylic acids is 2. The number of fused-ring (bicyclic) bond motifs is 5. The van der Waals surface area contributed by atoms with E-state index < -0.39 is 5.82 Å². The topological polar surface area (TPSA) is 164 Å². The van der Waals surface area contributed by atoms with Gasteiger partial charge >= 0.3 is 6.01 Å². The SMILES string of the molecule is CCc1cccc2cccc(-c3ncc4c(N5CC6CCC(C5)N6)nc(OC[C@]56CCCN5[C@H](COc5cc(C(C)C(C)C)on5)CC6)nc4c3F)c12.CN[C@@H](C)c1ccc(-c2scnc2C)cc1.O=CC1CCCN1C=O. The van der Waals surface area contributed by atoms with Crippen LogP contribution in [0.2, 0.25) is 0 Å². The van der Waals surface area contributed by atoms with Gasteiger partial charge in [-0.15, -0.1) is 11.3 Å². The van der Waals surface area contributed by atoms with Crippen molar-refractivity contribution in [3.63, 3.8) is 0 Å². The monoisotopic (exact) mass is 1080 g/mol. The molecule has 5 saturated heterocycles. The Bertz CT molecular complexity index is 3160. The van der Waals surface area contributed by atoms with E-state index in [0.717, 1.165) is 130 Å². The zero-order valence-corrected chi connectivity index (χ0v) is 47.0. The summed E-state index contributed by atoms with van der Waals surface area (Å²) in [7, 11) is 1.98. The van der Waals surface area contributed by atoms with Crippen molar-refractivity contribution < 1.29 is 28.0 Å². The molecule has 5 aliphatic heterocycles. The second-order valence-corrected chi connectivity index (χ2v) is 23.1. The molecular formula is C61H75FN10O5S. The molecule has 2 bridgehead atoms. The summed E-state index contributed by atoms with van der Waals surface area (Å²) in [6.07, 6.45) is 12.3. The fourth-order valence-corrected chi connectivity index (χ4v) is 13.0. The van der Waals surface area contributed by atoms with Crippen molar-refractivity contribution in [2.75, 3.05) is 51.3 Å². The second-order valence-electron chi connectivity index (χ2n) is 22.2. The molecule has 0 radical (unpaired) electrons. The summed E-state index contributed by atoms with van der Waals surface area (Å²) in [5.41, 5.74) is 7.92. The van der Waals surface area contributed by atoms with Gasteiger partial charge in [0.25, 0.3) is 5.88 Å². The molecule has 17 heteroatoms. The Hall–Kier alpha value is -6.40. The average molecular weight is 1080 g/mol. The zero-order chi connectivity index (χ0) is 54.5. The van der Waals surface area contributed by atoms with E-state index in [1.54, 1.807) is 17.5 Å². The van der Waals surface area contributed by atoms with Gasteiger partial charge in [0.2, 0.25) is 6.41 Å². The molecule has 0 aliphatic carbocycles. The number of piperazine rings is 1. The summed E-state index contributed by atoms with van der Waals surface area (Å²) < 4.78 is 35.5. The number of aldehydes is 1. The van der Waals surface area contributed by atoms with Gasteiger partial charge in [0.1, 0.15) is 42.3 Å². The first-order chi connectivity index (χ1) is 37.9. The number of ether oxygens (including phenoxy) is 2. The Labute approximate surface area is 461 Å². The van der Waals surface area contributed by atoms with E-state index in [4.69, 9.17) is 28.9 Å². The minimum absolute atomic E-state index is 0.137. The average Bonchev–Trinajstić information content (AvgIpc) is 4.49. The fourth-order valence-electron chi connectivity index (χ4n) is 12.2. The van der Waals surface area contributed by atoms with E-state index in [1.165, 1.54) is 20.9 Å². The predicted octanol–water partition coefficient (Wildman–Crippen LogP) is 10.9. The number of nitrogens with zero attached hydrogens (tertiary/aromatic N) is 8. The molecule has 5 aliphatic rings. The van der Waals surface area contributed by atoms with Crippen LogP contribution in [-0.2, 0) is 16.0 Å². The first kappa shape index (κ1) is 54.9. The van der Waals surface area contributed by atoms with Gasteiger partial charge in [0.15, 0.2) is 5.82 Å². The summed E-state index contributed by atoms with van der Waals surface area (Å²) >= 11 is 1.70. The van der Waals surface area contributed by atoms with E-state index in [-0.39, 0.29) is 35.1 Å². The first-order valence-corrected chi connectivity index (χ1v) is 29.0. The summed E-state index contributed by atoms with van der Waals surface area (Å²) in [6.45, 7) is 17.2. The summed E-state index contributed by atoms with van der Waals surface area (Å²) in [4.78, 5) is 46.9. The van der Waals surface area contributed by atoms with Gasteiger partial charge in [-0.25, -0.2) is 9.37 Å². The molecule has 78 heavy (non-hydrogen) atoms. The van der Waals surface area contributed by atoms with Gasteiger partial charge in [-0.1, -0.05) is 88.4 Å². The number of pyridine rings is 1.